The van der Waals surface area contributed by atoms with E-state index < -0.39 is 0 Å². The Morgan fingerprint density at radius 1 is 1.33 bits per heavy atom. The van der Waals surface area contributed by atoms with Gasteiger partial charge in [0.05, 0.1) is 5.41 Å². The standard InChI is InChI=1S/C17H24N2O.ClH/c1-3-17(4-2,10-18)16(20)19-15-13-9-11-7-5-6-8-12(11)14(13)15;/h5-8,13-15H,3-4,9-10,18H2,1-2H3,(H,19,20);1H. The van der Waals surface area contributed by atoms with Crippen molar-refractivity contribution in [2.24, 2.45) is 17.1 Å². The Labute approximate surface area is 133 Å². The molecule has 2 aliphatic carbocycles. The van der Waals surface area contributed by atoms with E-state index in [1.165, 1.54) is 11.1 Å². The van der Waals surface area contributed by atoms with Gasteiger partial charge in [-0.15, -0.1) is 12.4 Å². The molecule has 4 heteroatoms. The molecule has 21 heavy (non-hydrogen) atoms. The highest BCUT2D eigenvalue weighted by Crippen LogP contribution is 2.56. The van der Waals surface area contributed by atoms with Crippen LogP contribution >= 0.6 is 12.4 Å². The molecule has 3 nitrogen and oxygen atoms in total. The lowest BCUT2D eigenvalue weighted by atomic mass is 9.81. The van der Waals surface area contributed by atoms with Crippen LogP contribution in [-0.2, 0) is 11.2 Å². The number of hydrogen-bond donors (Lipinski definition) is 2. The van der Waals surface area contributed by atoms with E-state index in [2.05, 4.69) is 43.4 Å². The molecule has 1 fully saturated rings. The summed E-state index contributed by atoms with van der Waals surface area (Å²) in [7, 11) is 0. The van der Waals surface area contributed by atoms with E-state index in [-0.39, 0.29) is 23.7 Å². The number of nitrogens with two attached hydrogens (primary N) is 1. The Balaban J connectivity index is 0.00000161. The van der Waals surface area contributed by atoms with Crippen molar-refractivity contribution in [2.45, 2.75) is 45.1 Å². The van der Waals surface area contributed by atoms with Gasteiger partial charge < -0.3 is 11.1 Å². The molecule has 116 valence electrons. The molecule has 1 aromatic rings. The maximum atomic E-state index is 12.6. The first-order valence-electron chi connectivity index (χ1n) is 7.75. The number of carbonyl (C=O) groups excluding carboxylic acids is 1. The Morgan fingerprint density at radius 2 is 2.00 bits per heavy atom. The third-order valence-electron chi connectivity index (χ3n) is 5.56. The lowest BCUT2D eigenvalue weighted by Crippen LogP contribution is -2.46. The van der Waals surface area contributed by atoms with E-state index in [1.807, 2.05) is 0 Å². The quantitative estimate of drug-likeness (QED) is 0.878. The largest absolute Gasteiger partial charge is 0.352 e. The minimum absolute atomic E-state index is 0. The highest BCUT2D eigenvalue weighted by atomic mass is 35.5. The van der Waals surface area contributed by atoms with Crippen LogP contribution in [0.3, 0.4) is 0 Å². The zero-order valence-corrected chi connectivity index (χ0v) is 13.6. The molecule has 0 aromatic heterocycles. The van der Waals surface area contributed by atoms with Crippen LogP contribution < -0.4 is 11.1 Å². The zero-order chi connectivity index (χ0) is 14.3. The number of amides is 1. The average Bonchev–Trinajstić information content (AvgIpc) is 2.99. The number of halogens is 1. The zero-order valence-electron chi connectivity index (χ0n) is 12.8. The molecule has 1 saturated carbocycles. The summed E-state index contributed by atoms with van der Waals surface area (Å²) in [6.07, 6.45) is 2.73. The van der Waals surface area contributed by atoms with Gasteiger partial charge in [0.25, 0.3) is 0 Å². The predicted octanol–water partition coefficient (Wildman–Crippen LogP) is 2.63. The van der Waals surface area contributed by atoms with Crippen molar-refractivity contribution in [2.75, 3.05) is 6.54 Å². The van der Waals surface area contributed by atoms with E-state index in [4.69, 9.17) is 5.73 Å². The molecule has 3 atom stereocenters. The second-order valence-corrected chi connectivity index (χ2v) is 6.28. The molecular formula is C17H25ClN2O. The number of rotatable bonds is 5. The molecule has 3 unspecified atom stereocenters. The Bertz CT molecular complexity index is 519. The van der Waals surface area contributed by atoms with Crippen molar-refractivity contribution in [3.8, 4) is 0 Å². The van der Waals surface area contributed by atoms with Crippen LogP contribution in [0.15, 0.2) is 24.3 Å². The van der Waals surface area contributed by atoms with Gasteiger partial charge in [-0.25, -0.2) is 0 Å². The monoisotopic (exact) mass is 308 g/mol. The highest BCUT2D eigenvalue weighted by molar-refractivity contribution is 5.85. The second kappa shape index (κ2) is 5.98. The minimum atomic E-state index is -0.379. The van der Waals surface area contributed by atoms with Gasteiger partial charge in [0.2, 0.25) is 5.91 Å². The minimum Gasteiger partial charge on any atom is -0.352 e. The summed E-state index contributed by atoms with van der Waals surface area (Å²) < 4.78 is 0. The maximum absolute atomic E-state index is 12.6. The smallest absolute Gasteiger partial charge is 0.227 e. The van der Waals surface area contributed by atoms with Crippen LogP contribution in [-0.4, -0.2) is 18.5 Å². The van der Waals surface area contributed by atoms with Crippen LogP contribution in [0.2, 0.25) is 0 Å². The van der Waals surface area contributed by atoms with Gasteiger partial charge in [0.15, 0.2) is 0 Å². The number of hydrogen-bond acceptors (Lipinski definition) is 2. The molecule has 1 aromatic carbocycles. The van der Waals surface area contributed by atoms with Crippen molar-refractivity contribution in [3.63, 3.8) is 0 Å². The van der Waals surface area contributed by atoms with Gasteiger partial charge >= 0.3 is 0 Å². The fraction of sp³-hybridized carbons (Fsp3) is 0.588. The van der Waals surface area contributed by atoms with Crippen molar-refractivity contribution in [3.05, 3.63) is 35.4 Å². The fourth-order valence-electron chi connectivity index (χ4n) is 3.80. The van der Waals surface area contributed by atoms with Gasteiger partial charge in [-0.2, -0.15) is 0 Å². The molecule has 3 N–H and O–H groups in total. The van der Waals surface area contributed by atoms with Crippen LogP contribution in [0.1, 0.15) is 43.7 Å². The van der Waals surface area contributed by atoms with Crippen molar-refractivity contribution in [1.82, 2.24) is 5.32 Å². The first-order valence-corrected chi connectivity index (χ1v) is 7.75. The normalized spacial score (nSPS) is 25.6. The van der Waals surface area contributed by atoms with Gasteiger partial charge in [0.1, 0.15) is 0 Å². The molecule has 3 rings (SSSR count). The first-order chi connectivity index (χ1) is 9.66. The SMILES string of the molecule is CCC(CC)(CN)C(=O)NC1C2Cc3ccccc3C21.Cl. The van der Waals surface area contributed by atoms with Crippen LogP contribution in [0.4, 0.5) is 0 Å². The Morgan fingerprint density at radius 3 is 2.62 bits per heavy atom. The summed E-state index contributed by atoms with van der Waals surface area (Å²) >= 11 is 0. The molecule has 0 spiro atoms. The predicted molar refractivity (Wildman–Crippen MR) is 87.6 cm³/mol. The van der Waals surface area contributed by atoms with Gasteiger partial charge in [-0.1, -0.05) is 38.1 Å². The fourth-order valence-corrected chi connectivity index (χ4v) is 3.80. The van der Waals surface area contributed by atoms with Gasteiger partial charge in [-0.05, 0) is 36.3 Å². The van der Waals surface area contributed by atoms with E-state index in [9.17, 15) is 4.79 Å². The summed E-state index contributed by atoms with van der Waals surface area (Å²) in [6, 6.07) is 8.96. The van der Waals surface area contributed by atoms with Gasteiger partial charge in [-0.3, -0.25) is 4.79 Å². The van der Waals surface area contributed by atoms with Crippen molar-refractivity contribution in [1.29, 1.82) is 0 Å². The Hall–Kier alpha value is -1.06. The number of fused-ring (bicyclic) bond motifs is 3. The van der Waals surface area contributed by atoms with Crippen LogP contribution in [0, 0.1) is 11.3 Å². The third-order valence-corrected chi connectivity index (χ3v) is 5.56. The van der Waals surface area contributed by atoms with E-state index >= 15 is 0 Å². The summed E-state index contributed by atoms with van der Waals surface area (Å²) in [5.41, 5.74) is 8.38. The summed E-state index contributed by atoms with van der Waals surface area (Å²) in [5.74, 6) is 1.31. The lowest BCUT2D eigenvalue weighted by Gasteiger charge is -2.29. The molecule has 0 saturated heterocycles. The molecule has 0 bridgehead atoms. The maximum Gasteiger partial charge on any atom is 0.227 e. The van der Waals surface area contributed by atoms with E-state index in [0.29, 0.717) is 24.4 Å². The van der Waals surface area contributed by atoms with Crippen LogP contribution in [0.5, 0.6) is 0 Å². The average molecular weight is 309 g/mol. The number of carbonyl (C=O) groups is 1. The first kappa shape index (κ1) is 16.3. The molecule has 1 amide bonds. The third kappa shape index (κ3) is 2.47. The topological polar surface area (TPSA) is 55.1 Å². The van der Waals surface area contributed by atoms with E-state index in [0.717, 1.165) is 19.3 Å². The van der Waals surface area contributed by atoms with Gasteiger partial charge in [0, 0.05) is 18.5 Å². The Kier molecular flexibility index (Phi) is 4.64. The summed E-state index contributed by atoms with van der Waals surface area (Å²) in [5, 5.41) is 3.27. The van der Waals surface area contributed by atoms with E-state index in [1.54, 1.807) is 0 Å². The second-order valence-electron chi connectivity index (χ2n) is 6.28. The lowest BCUT2D eigenvalue weighted by molar-refractivity contribution is -0.131. The van der Waals surface area contributed by atoms with Crippen molar-refractivity contribution >= 4 is 18.3 Å². The van der Waals surface area contributed by atoms with Crippen LogP contribution in [0.25, 0.3) is 0 Å². The summed E-state index contributed by atoms with van der Waals surface area (Å²) in [6.45, 7) is 4.54. The highest BCUT2D eigenvalue weighted by Gasteiger charge is 2.57. The molecule has 0 aliphatic heterocycles. The molecule has 0 radical (unpaired) electrons. The molecular weight excluding hydrogens is 284 g/mol. The molecule has 2 aliphatic rings. The number of benzene rings is 1. The molecule has 0 heterocycles. The van der Waals surface area contributed by atoms with Crippen molar-refractivity contribution < 1.29 is 4.79 Å². The number of nitrogens with one attached hydrogen (secondary N) is 1. The summed E-state index contributed by atoms with van der Waals surface area (Å²) in [4.78, 5) is 12.6.